The van der Waals surface area contributed by atoms with Crippen LogP contribution in [-0.4, -0.2) is 28.1 Å². The Labute approximate surface area is 119 Å². The monoisotopic (exact) mass is 290 g/mol. The molecule has 1 aromatic heterocycles. The van der Waals surface area contributed by atoms with Gasteiger partial charge in [-0.15, -0.1) is 0 Å². The highest BCUT2D eigenvalue weighted by Gasteiger charge is 2.13. The minimum Gasteiger partial charge on any atom is -0.612 e. The van der Waals surface area contributed by atoms with Crippen LogP contribution in [0.25, 0.3) is 12.2 Å². The lowest BCUT2D eigenvalue weighted by Crippen LogP contribution is -2.05. The maximum Gasteiger partial charge on any atom is 0.264 e. The van der Waals surface area contributed by atoms with E-state index >= 15 is 0 Å². The average Bonchev–Trinajstić information content (AvgIpc) is 2.46. The standard InChI is InChI=1S/C14H14N2O3S/c1-19-12-4-3-5-13(20(2)18)11(12)8-6-10-7-9-14(17)16-15-10/h3-9H,1-2H3,(H,16,17)/b8-6+. The topological polar surface area (TPSA) is 78.0 Å². The van der Waals surface area contributed by atoms with Gasteiger partial charge >= 0.3 is 0 Å². The highest BCUT2D eigenvalue weighted by molar-refractivity contribution is 7.90. The molecule has 0 aliphatic heterocycles. The molecule has 1 aromatic carbocycles. The van der Waals surface area contributed by atoms with E-state index < -0.39 is 11.2 Å². The summed E-state index contributed by atoms with van der Waals surface area (Å²) in [5.41, 5.74) is 1.09. The highest BCUT2D eigenvalue weighted by atomic mass is 32.2. The van der Waals surface area contributed by atoms with Crippen LogP contribution >= 0.6 is 0 Å². The molecule has 0 bridgehead atoms. The van der Waals surface area contributed by atoms with Crippen LogP contribution in [0, 0.1) is 0 Å². The highest BCUT2D eigenvalue weighted by Crippen LogP contribution is 2.27. The van der Waals surface area contributed by atoms with Crippen LogP contribution in [-0.2, 0) is 11.2 Å². The molecule has 0 saturated carbocycles. The lowest BCUT2D eigenvalue weighted by Gasteiger charge is -2.11. The first-order valence-electron chi connectivity index (χ1n) is 5.86. The molecule has 0 saturated heterocycles. The SMILES string of the molecule is COc1cccc([S+](C)[O-])c1/C=C/c1ccc(=O)[nH]n1. The molecule has 0 amide bonds. The van der Waals surface area contributed by atoms with Gasteiger partial charge in [-0.3, -0.25) is 4.79 Å². The lowest BCUT2D eigenvalue weighted by atomic mass is 10.1. The van der Waals surface area contributed by atoms with Crippen molar-refractivity contribution in [2.24, 2.45) is 0 Å². The molecular weight excluding hydrogens is 276 g/mol. The van der Waals surface area contributed by atoms with Gasteiger partial charge in [0, 0.05) is 6.07 Å². The summed E-state index contributed by atoms with van der Waals surface area (Å²) in [4.78, 5) is 11.6. The van der Waals surface area contributed by atoms with E-state index in [4.69, 9.17) is 4.74 Å². The zero-order valence-corrected chi connectivity index (χ0v) is 11.9. The molecule has 1 heterocycles. The van der Waals surface area contributed by atoms with Gasteiger partial charge in [0.05, 0.1) is 18.4 Å². The van der Waals surface area contributed by atoms with Gasteiger partial charge in [-0.2, -0.15) is 5.10 Å². The van der Waals surface area contributed by atoms with Crippen LogP contribution in [0.3, 0.4) is 0 Å². The van der Waals surface area contributed by atoms with E-state index in [1.165, 1.54) is 6.07 Å². The predicted octanol–water partition coefficient (Wildman–Crippen LogP) is 1.69. The van der Waals surface area contributed by atoms with Crippen LogP contribution < -0.4 is 10.3 Å². The maximum atomic E-state index is 11.7. The first kappa shape index (κ1) is 14.4. The van der Waals surface area contributed by atoms with E-state index in [-0.39, 0.29) is 5.56 Å². The molecule has 5 nitrogen and oxygen atoms in total. The number of hydrogen-bond donors (Lipinski definition) is 1. The Hall–Kier alpha value is -2.05. The van der Waals surface area contributed by atoms with Gasteiger partial charge in [-0.25, -0.2) is 5.10 Å². The molecule has 0 spiro atoms. The van der Waals surface area contributed by atoms with Crippen LogP contribution in [0.1, 0.15) is 11.3 Å². The second kappa shape index (κ2) is 6.40. The van der Waals surface area contributed by atoms with Gasteiger partial charge in [-0.05, 0) is 41.5 Å². The van der Waals surface area contributed by atoms with E-state index in [2.05, 4.69) is 10.2 Å². The zero-order chi connectivity index (χ0) is 14.5. The summed E-state index contributed by atoms with van der Waals surface area (Å²) in [6, 6.07) is 8.39. The number of ether oxygens (including phenoxy) is 1. The van der Waals surface area contributed by atoms with Crippen molar-refractivity contribution in [1.82, 2.24) is 10.2 Å². The molecular formula is C14H14N2O3S. The normalized spacial score (nSPS) is 12.6. The molecule has 0 aliphatic carbocycles. The van der Waals surface area contributed by atoms with Crippen molar-refractivity contribution >= 4 is 23.3 Å². The van der Waals surface area contributed by atoms with Crippen LogP contribution in [0.2, 0.25) is 0 Å². The zero-order valence-electron chi connectivity index (χ0n) is 11.1. The number of aromatic amines is 1. The quantitative estimate of drug-likeness (QED) is 0.869. The summed E-state index contributed by atoms with van der Waals surface area (Å²) in [7, 11) is 1.56. The Bertz CT molecular complexity index is 660. The van der Waals surface area contributed by atoms with E-state index in [1.807, 2.05) is 0 Å². The van der Waals surface area contributed by atoms with E-state index in [1.54, 1.807) is 49.8 Å². The van der Waals surface area contributed by atoms with Crippen LogP contribution in [0.15, 0.2) is 40.0 Å². The minimum absolute atomic E-state index is 0.255. The van der Waals surface area contributed by atoms with Crippen molar-refractivity contribution in [2.75, 3.05) is 13.4 Å². The molecule has 2 rings (SSSR count). The fourth-order valence-corrected chi connectivity index (χ4v) is 2.48. The number of nitrogens with one attached hydrogen (secondary N) is 1. The fourth-order valence-electron chi connectivity index (χ4n) is 1.73. The number of rotatable bonds is 4. The third-order valence-corrected chi connectivity index (χ3v) is 3.65. The molecule has 6 heteroatoms. The molecule has 2 aromatic rings. The summed E-state index contributed by atoms with van der Waals surface area (Å²) < 4.78 is 17.0. The van der Waals surface area contributed by atoms with Crippen LogP contribution in [0.4, 0.5) is 0 Å². The minimum atomic E-state index is -1.12. The molecule has 1 unspecified atom stereocenters. The summed E-state index contributed by atoms with van der Waals surface area (Å²) in [6.45, 7) is 0. The van der Waals surface area contributed by atoms with E-state index in [9.17, 15) is 9.35 Å². The van der Waals surface area contributed by atoms with Gasteiger partial charge in [0.2, 0.25) is 0 Å². The Balaban J connectivity index is 2.41. The maximum absolute atomic E-state index is 11.7. The summed E-state index contributed by atoms with van der Waals surface area (Å²) in [5.74, 6) is 0.637. The predicted molar refractivity (Wildman–Crippen MR) is 79.1 cm³/mol. The molecule has 0 radical (unpaired) electrons. The lowest BCUT2D eigenvalue weighted by molar-refractivity contribution is 0.412. The molecule has 1 N–H and O–H groups in total. The number of methoxy groups -OCH3 is 1. The molecule has 104 valence electrons. The van der Waals surface area contributed by atoms with Crippen molar-refractivity contribution < 1.29 is 9.29 Å². The second-order valence-corrected chi connectivity index (χ2v) is 5.35. The van der Waals surface area contributed by atoms with Gasteiger partial charge in [0.25, 0.3) is 5.56 Å². The van der Waals surface area contributed by atoms with E-state index in [0.717, 1.165) is 5.56 Å². The number of H-pyrrole nitrogens is 1. The van der Waals surface area contributed by atoms with Gasteiger partial charge in [-0.1, -0.05) is 6.07 Å². The summed E-state index contributed by atoms with van der Waals surface area (Å²) in [5, 5.41) is 6.24. The second-order valence-electron chi connectivity index (χ2n) is 4.01. The number of benzene rings is 1. The number of nitrogens with zero attached hydrogens (tertiary/aromatic N) is 1. The fraction of sp³-hybridized carbons (Fsp3) is 0.143. The Morgan fingerprint density at radius 1 is 1.30 bits per heavy atom. The molecule has 20 heavy (non-hydrogen) atoms. The first-order chi connectivity index (χ1) is 9.61. The van der Waals surface area contributed by atoms with Gasteiger partial charge in [0.15, 0.2) is 4.90 Å². The Kier molecular flexibility index (Phi) is 4.60. The Morgan fingerprint density at radius 3 is 2.70 bits per heavy atom. The summed E-state index contributed by atoms with van der Waals surface area (Å²) >= 11 is -1.12. The number of hydrogen-bond acceptors (Lipinski definition) is 4. The Morgan fingerprint density at radius 2 is 2.10 bits per heavy atom. The van der Waals surface area contributed by atoms with Crippen molar-refractivity contribution in [2.45, 2.75) is 4.90 Å². The van der Waals surface area contributed by atoms with Crippen molar-refractivity contribution in [3.8, 4) is 5.75 Å². The molecule has 0 aliphatic rings. The molecule has 1 atom stereocenters. The third kappa shape index (κ3) is 3.28. The average molecular weight is 290 g/mol. The van der Waals surface area contributed by atoms with Gasteiger partial charge in [0.1, 0.15) is 12.0 Å². The van der Waals surface area contributed by atoms with Crippen molar-refractivity contribution in [3.05, 3.63) is 51.9 Å². The smallest absolute Gasteiger partial charge is 0.264 e. The third-order valence-electron chi connectivity index (χ3n) is 2.68. The van der Waals surface area contributed by atoms with Gasteiger partial charge < -0.3 is 9.29 Å². The largest absolute Gasteiger partial charge is 0.612 e. The van der Waals surface area contributed by atoms with Crippen molar-refractivity contribution in [3.63, 3.8) is 0 Å². The van der Waals surface area contributed by atoms with Crippen LogP contribution in [0.5, 0.6) is 5.75 Å². The van der Waals surface area contributed by atoms with Crippen molar-refractivity contribution in [1.29, 1.82) is 0 Å². The number of aromatic nitrogens is 2. The first-order valence-corrected chi connectivity index (χ1v) is 7.42. The molecule has 0 fully saturated rings. The summed E-state index contributed by atoms with van der Waals surface area (Å²) in [6.07, 6.45) is 5.12. The van der Waals surface area contributed by atoms with E-state index in [0.29, 0.717) is 16.3 Å².